The number of methoxy groups -OCH3 is 1. The highest BCUT2D eigenvalue weighted by atomic mass is 19.1. The van der Waals surface area contributed by atoms with Crippen LogP contribution in [0.3, 0.4) is 0 Å². The molecule has 1 aliphatic rings. The molecule has 0 aromatic heterocycles. The standard InChI is InChI=1S/C17H20FNO4/c1-4-23-17(21)13(9-19-11-5-6-11)15(20)12-7-8-14(18)16(22-3)10(12)2/h7-9,11,19H,4-6H2,1-3H3/b13-9-. The molecule has 2 rings (SSSR count). The molecule has 0 atom stereocenters. The first-order valence-electron chi connectivity index (χ1n) is 7.50. The number of carbonyl (C=O) groups excluding carboxylic acids is 2. The summed E-state index contributed by atoms with van der Waals surface area (Å²) in [6, 6.07) is 2.78. The Morgan fingerprint density at radius 1 is 1.39 bits per heavy atom. The van der Waals surface area contributed by atoms with E-state index in [9.17, 15) is 14.0 Å². The average Bonchev–Trinajstić information content (AvgIpc) is 3.32. The van der Waals surface area contributed by atoms with Gasteiger partial charge in [0.05, 0.1) is 13.7 Å². The zero-order chi connectivity index (χ0) is 17.0. The van der Waals surface area contributed by atoms with Gasteiger partial charge < -0.3 is 14.8 Å². The quantitative estimate of drug-likeness (QED) is 0.275. The number of ketones is 1. The molecule has 1 fully saturated rings. The van der Waals surface area contributed by atoms with Gasteiger partial charge in [-0.25, -0.2) is 9.18 Å². The number of esters is 1. The van der Waals surface area contributed by atoms with Crippen molar-refractivity contribution in [2.24, 2.45) is 0 Å². The van der Waals surface area contributed by atoms with Crippen LogP contribution in [0.1, 0.15) is 35.7 Å². The molecule has 0 unspecified atom stereocenters. The summed E-state index contributed by atoms with van der Waals surface area (Å²) in [5.74, 6) is -1.78. The van der Waals surface area contributed by atoms with Gasteiger partial charge in [0, 0.05) is 23.4 Å². The number of benzene rings is 1. The van der Waals surface area contributed by atoms with E-state index in [4.69, 9.17) is 9.47 Å². The Labute approximate surface area is 134 Å². The van der Waals surface area contributed by atoms with Crippen molar-refractivity contribution < 1.29 is 23.5 Å². The van der Waals surface area contributed by atoms with Crippen molar-refractivity contribution in [2.75, 3.05) is 13.7 Å². The van der Waals surface area contributed by atoms with Crippen LogP contribution in [-0.4, -0.2) is 31.5 Å². The van der Waals surface area contributed by atoms with Gasteiger partial charge in [-0.15, -0.1) is 0 Å². The second-order valence-electron chi connectivity index (χ2n) is 5.30. The van der Waals surface area contributed by atoms with Crippen molar-refractivity contribution in [2.45, 2.75) is 32.7 Å². The number of halogens is 1. The highest BCUT2D eigenvalue weighted by molar-refractivity contribution is 6.24. The van der Waals surface area contributed by atoms with Crippen LogP contribution in [-0.2, 0) is 9.53 Å². The second-order valence-corrected chi connectivity index (χ2v) is 5.30. The number of hydrogen-bond acceptors (Lipinski definition) is 5. The van der Waals surface area contributed by atoms with Crippen LogP contribution in [0.25, 0.3) is 0 Å². The lowest BCUT2D eigenvalue weighted by Gasteiger charge is -2.12. The van der Waals surface area contributed by atoms with Gasteiger partial charge in [-0.1, -0.05) is 0 Å². The molecule has 1 N–H and O–H groups in total. The fourth-order valence-electron chi connectivity index (χ4n) is 2.18. The minimum absolute atomic E-state index is 0.00536. The van der Waals surface area contributed by atoms with Crippen LogP contribution < -0.4 is 10.1 Å². The Morgan fingerprint density at radius 3 is 2.65 bits per heavy atom. The summed E-state index contributed by atoms with van der Waals surface area (Å²) < 4.78 is 23.6. The lowest BCUT2D eigenvalue weighted by molar-refractivity contribution is -0.138. The summed E-state index contributed by atoms with van der Waals surface area (Å²) in [7, 11) is 1.33. The lowest BCUT2D eigenvalue weighted by atomic mass is 9.98. The van der Waals surface area contributed by atoms with Gasteiger partial charge in [-0.05, 0) is 38.8 Å². The maximum atomic E-state index is 13.7. The molecule has 1 aromatic rings. The zero-order valence-electron chi connectivity index (χ0n) is 13.4. The predicted octanol–water partition coefficient (Wildman–Crippen LogP) is 2.52. The Kier molecular flexibility index (Phi) is 5.36. The number of Topliss-reactive ketones (excluding diaryl/α,β-unsaturated/α-hetero) is 1. The van der Waals surface area contributed by atoms with Crippen molar-refractivity contribution in [1.29, 1.82) is 0 Å². The van der Waals surface area contributed by atoms with Crippen molar-refractivity contribution in [3.8, 4) is 5.75 Å². The normalized spacial score (nSPS) is 14.3. The first-order chi connectivity index (χ1) is 11.0. The second kappa shape index (κ2) is 7.26. The zero-order valence-corrected chi connectivity index (χ0v) is 13.4. The Balaban J connectivity index is 2.36. The van der Waals surface area contributed by atoms with Gasteiger partial charge in [-0.3, -0.25) is 4.79 Å². The van der Waals surface area contributed by atoms with Crippen LogP contribution in [0.2, 0.25) is 0 Å². The SMILES string of the molecule is CCOC(=O)/C(=C\NC1CC1)C(=O)c1ccc(F)c(OC)c1C. The Bertz CT molecular complexity index is 650. The van der Waals surface area contributed by atoms with Gasteiger partial charge in [0.1, 0.15) is 5.57 Å². The molecule has 6 heteroatoms. The molecule has 1 aliphatic carbocycles. The van der Waals surface area contributed by atoms with E-state index < -0.39 is 17.6 Å². The minimum Gasteiger partial charge on any atom is -0.493 e. The number of carbonyl (C=O) groups is 2. The third-order valence-corrected chi connectivity index (χ3v) is 3.59. The van der Waals surface area contributed by atoms with E-state index in [0.29, 0.717) is 5.56 Å². The maximum absolute atomic E-state index is 13.7. The highest BCUT2D eigenvalue weighted by Gasteiger charge is 2.26. The smallest absolute Gasteiger partial charge is 0.343 e. The predicted molar refractivity (Wildman–Crippen MR) is 82.9 cm³/mol. The van der Waals surface area contributed by atoms with E-state index in [-0.39, 0.29) is 29.5 Å². The van der Waals surface area contributed by atoms with Gasteiger partial charge in [0.25, 0.3) is 0 Å². The number of hydrogen-bond donors (Lipinski definition) is 1. The van der Waals surface area contributed by atoms with Gasteiger partial charge in [-0.2, -0.15) is 0 Å². The van der Waals surface area contributed by atoms with Crippen molar-refractivity contribution in [1.82, 2.24) is 5.32 Å². The molecular formula is C17H20FNO4. The van der Waals surface area contributed by atoms with E-state index in [1.165, 1.54) is 19.4 Å². The monoisotopic (exact) mass is 321 g/mol. The first-order valence-corrected chi connectivity index (χ1v) is 7.50. The topological polar surface area (TPSA) is 64.6 Å². The summed E-state index contributed by atoms with van der Waals surface area (Å²) in [5.41, 5.74) is 0.454. The maximum Gasteiger partial charge on any atom is 0.343 e. The third kappa shape index (κ3) is 3.88. The Hall–Kier alpha value is -2.37. The van der Waals surface area contributed by atoms with Gasteiger partial charge in [0.2, 0.25) is 5.78 Å². The molecule has 0 bridgehead atoms. The van der Waals surface area contributed by atoms with E-state index in [1.54, 1.807) is 13.8 Å². The van der Waals surface area contributed by atoms with Crippen LogP contribution >= 0.6 is 0 Å². The molecule has 1 saturated carbocycles. The van der Waals surface area contributed by atoms with Gasteiger partial charge >= 0.3 is 5.97 Å². The lowest BCUT2D eigenvalue weighted by Crippen LogP contribution is -2.21. The van der Waals surface area contributed by atoms with Crippen LogP contribution in [0.4, 0.5) is 4.39 Å². The number of ether oxygens (including phenoxy) is 2. The van der Waals surface area contributed by atoms with Crippen molar-refractivity contribution in [3.63, 3.8) is 0 Å². The molecule has 0 heterocycles. The van der Waals surface area contributed by atoms with E-state index >= 15 is 0 Å². The molecule has 5 nitrogen and oxygen atoms in total. The highest BCUT2D eigenvalue weighted by Crippen LogP contribution is 2.27. The third-order valence-electron chi connectivity index (χ3n) is 3.59. The molecule has 0 spiro atoms. The van der Waals surface area contributed by atoms with E-state index in [1.807, 2.05) is 0 Å². The molecule has 0 radical (unpaired) electrons. The Morgan fingerprint density at radius 2 is 2.09 bits per heavy atom. The molecular weight excluding hydrogens is 301 g/mol. The summed E-state index contributed by atoms with van der Waals surface area (Å²) in [6.45, 7) is 3.41. The van der Waals surface area contributed by atoms with Gasteiger partial charge in [0.15, 0.2) is 11.6 Å². The summed E-state index contributed by atoms with van der Waals surface area (Å²) in [5, 5.41) is 3.02. The van der Waals surface area contributed by atoms with Crippen LogP contribution in [0.5, 0.6) is 5.75 Å². The number of nitrogens with one attached hydrogen (secondary N) is 1. The van der Waals surface area contributed by atoms with E-state index in [2.05, 4.69) is 5.32 Å². The molecule has 124 valence electrons. The van der Waals surface area contributed by atoms with E-state index in [0.717, 1.165) is 18.9 Å². The fourth-order valence-corrected chi connectivity index (χ4v) is 2.18. The fraction of sp³-hybridized carbons (Fsp3) is 0.412. The number of rotatable bonds is 7. The van der Waals surface area contributed by atoms with Crippen molar-refractivity contribution >= 4 is 11.8 Å². The molecule has 0 aliphatic heterocycles. The molecule has 23 heavy (non-hydrogen) atoms. The average molecular weight is 321 g/mol. The van der Waals surface area contributed by atoms with Crippen molar-refractivity contribution in [3.05, 3.63) is 40.8 Å². The molecule has 0 saturated heterocycles. The minimum atomic E-state index is -0.701. The summed E-state index contributed by atoms with van der Waals surface area (Å²) >= 11 is 0. The molecule has 1 aromatic carbocycles. The first kappa shape index (κ1) is 17.0. The summed E-state index contributed by atoms with van der Waals surface area (Å²) in [4.78, 5) is 24.8. The van der Waals surface area contributed by atoms with Crippen LogP contribution in [0.15, 0.2) is 23.9 Å². The largest absolute Gasteiger partial charge is 0.493 e. The molecule has 0 amide bonds. The summed E-state index contributed by atoms with van der Waals surface area (Å²) in [6.07, 6.45) is 3.40. The van der Waals surface area contributed by atoms with Crippen LogP contribution in [0, 0.1) is 12.7 Å².